The number of para-hydroxylation sites is 1. The van der Waals surface area contributed by atoms with E-state index in [0.717, 1.165) is 31.5 Å². The van der Waals surface area contributed by atoms with Gasteiger partial charge in [-0.15, -0.1) is 0 Å². The van der Waals surface area contributed by atoms with E-state index in [0.29, 0.717) is 11.5 Å². The zero-order valence-electron chi connectivity index (χ0n) is 12.0. The summed E-state index contributed by atoms with van der Waals surface area (Å²) in [6.45, 7) is 1.86. The summed E-state index contributed by atoms with van der Waals surface area (Å²) in [5.41, 5.74) is 0.885. The van der Waals surface area contributed by atoms with Crippen molar-refractivity contribution < 1.29 is 19.4 Å². The van der Waals surface area contributed by atoms with Crippen LogP contribution in [0.1, 0.15) is 30.9 Å². The van der Waals surface area contributed by atoms with E-state index in [1.807, 2.05) is 18.2 Å². The number of aliphatic carboxylic acids is 1. The van der Waals surface area contributed by atoms with E-state index in [4.69, 9.17) is 9.47 Å². The lowest BCUT2D eigenvalue weighted by Gasteiger charge is -2.28. The Bertz CT molecular complexity index is 469. The van der Waals surface area contributed by atoms with Crippen LogP contribution in [-0.2, 0) is 4.79 Å². The number of hydrogen-bond donors (Lipinski definition) is 1. The summed E-state index contributed by atoms with van der Waals surface area (Å²) in [6.07, 6.45) is 2.30. The van der Waals surface area contributed by atoms with Crippen molar-refractivity contribution >= 4 is 5.97 Å². The average molecular weight is 279 g/mol. The first-order valence-corrected chi connectivity index (χ1v) is 6.84. The molecule has 1 aromatic carbocycles. The molecule has 0 saturated carbocycles. The van der Waals surface area contributed by atoms with Gasteiger partial charge in [0.1, 0.15) is 0 Å². The lowest BCUT2D eigenvalue weighted by atomic mass is 10.0. The molecule has 5 heteroatoms. The highest BCUT2D eigenvalue weighted by Crippen LogP contribution is 2.39. The van der Waals surface area contributed by atoms with Crippen molar-refractivity contribution in [2.75, 3.05) is 27.3 Å². The zero-order chi connectivity index (χ0) is 14.5. The number of carboxylic acid groups (broad SMARTS) is 1. The standard InChI is InChI=1S/C15H21NO4/c1-19-13-7-5-6-11(15(13)20-2)12(10-14(17)18)16-8-3-4-9-16/h5-7,12H,3-4,8-10H2,1-2H3,(H,17,18). The molecule has 1 aliphatic rings. The quantitative estimate of drug-likeness (QED) is 0.866. The molecule has 110 valence electrons. The Morgan fingerprint density at radius 2 is 2.00 bits per heavy atom. The molecule has 0 radical (unpaired) electrons. The van der Waals surface area contributed by atoms with Crippen molar-refractivity contribution in [3.8, 4) is 11.5 Å². The predicted molar refractivity (Wildman–Crippen MR) is 75.3 cm³/mol. The molecular formula is C15H21NO4. The maximum absolute atomic E-state index is 11.2. The number of ether oxygens (including phenoxy) is 2. The monoisotopic (exact) mass is 279 g/mol. The van der Waals surface area contributed by atoms with Crippen molar-refractivity contribution in [2.24, 2.45) is 0 Å². The van der Waals surface area contributed by atoms with Gasteiger partial charge in [0, 0.05) is 11.6 Å². The number of rotatable bonds is 6. The van der Waals surface area contributed by atoms with E-state index in [1.54, 1.807) is 14.2 Å². The van der Waals surface area contributed by atoms with Gasteiger partial charge in [0.05, 0.1) is 20.6 Å². The van der Waals surface area contributed by atoms with E-state index < -0.39 is 5.97 Å². The van der Waals surface area contributed by atoms with Crippen molar-refractivity contribution in [2.45, 2.75) is 25.3 Å². The molecular weight excluding hydrogens is 258 g/mol. The molecule has 1 heterocycles. The third-order valence-electron chi connectivity index (χ3n) is 3.74. The Morgan fingerprint density at radius 1 is 1.30 bits per heavy atom. The number of methoxy groups -OCH3 is 2. The van der Waals surface area contributed by atoms with Gasteiger partial charge >= 0.3 is 5.97 Å². The van der Waals surface area contributed by atoms with Crippen LogP contribution in [0.2, 0.25) is 0 Å². The number of carbonyl (C=O) groups is 1. The largest absolute Gasteiger partial charge is 0.493 e. The number of hydrogen-bond acceptors (Lipinski definition) is 4. The maximum Gasteiger partial charge on any atom is 0.305 e. The fourth-order valence-corrected chi connectivity index (χ4v) is 2.83. The Labute approximate surface area is 119 Å². The number of benzene rings is 1. The average Bonchev–Trinajstić information content (AvgIpc) is 2.97. The van der Waals surface area contributed by atoms with Gasteiger partial charge in [-0.05, 0) is 32.0 Å². The number of carboxylic acids is 1. The third kappa shape index (κ3) is 3.04. The first-order chi connectivity index (χ1) is 9.67. The van der Waals surface area contributed by atoms with Crippen LogP contribution in [0.3, 0.4) is 0 Å². The first-order valence-electron chi connectivity index (χ1n) is 6.84. The van der Waals surface area contributed by atoms with Gasteiger partial charge in [-0.1, -0.05) is 12.1 Å². The van der Waals surface area contributed by atoms with Crippen LogP contribution in [-0.4, -0.2) is 43.3 Å². The Kier molecular flexibility index (Phi) is 4.84. The lowest BCUT2D eigenvalue weighted by molar-refractivity contribution is -0.138. The van der Waals surface area contributed by atoms with Crippen molar-refractivity contribution in [3.63, 3.8) is 0 Å². The topological polar surface area (TPSA) is 59.0 Å². The molecule has 0 aromatic heterocycles. The molecule has 1 aliphatic heterocycles. The Hall–Kier alpha value is -1.75. The summed E-state index contributed by atoms with van der Waals surface area (Å²) in [5, 5.41) is 9.20. The van der Waals surface area contributed by atoms with Crippen LogP contribution in [0.4, 0.5) is 0 Å². The minimum atomic E-state index is -0.799. The lowest BCUT2D eigenvalue weighted by Crippen LogP contribution is -2.28. The summed E-state index contributed by atoms with van der Waals surface area (Å²) in [6, 6.07) is 5.46. The molecule has 1 atom stereocenters. The number of likely N-dealkylation sites (tertiary alicyclic amines) is 1. The molecule has 1 aromatic rings. The van der Waals surface area contributed by atoms with Crippen LogP contribution >= 0.6 is 0 Å². The van der Waals surface area contributed by atoms with Gasteiger partial charge in [-0.3, -0.25) is 9.69 Å². The van der Waals surface area contributed by atoms with Gasteiger partial charge < -0.3 is 14.6 Å². The molecule has 1 N–H and O–H groups in total. The van der Waals surface area contributed by atoms with Crippen LogP contribution in [0.25, 0.3) is 0 Å². The van der Waals surface area contributed by atoms with E-state index in [9.17, 15) is 9.90 Å². The minimum absolute atomic E-state index is 0.0729. The molecule has 1 saturated heterocycles. The first kappa shape index (κ1) is 14.7. The van der Waals surface area contributed by atoms with Crippen LogP contribution in [0, 0.1) is 0 Å². The van der Waals surface area contributed by atoms with E-state index in [1.165, 1.54) is 0 Å². The molecule has 1 fully saturated rings. The predicted octanol–water partition coefficient (Wildman–Crippen LogP) is 2.32. The molecule has 0 bridgehead atoms. The highest BCUT2D eigenvalue weighted by molar-refractivity contribution is 5.68. The molecule has 20 heavy (non-hydrogen) atoms. The van der Waals surface area contributed by atoms with E-state index >= 15 is 0 Å². The van der Waals surface area contributed by atoms with Gasteiger partial charge in [0.25, 0.3) is 0 Å². The van der Waals surface area contributed by atoms with E-state index in [2.05, 4.69) is 4.90 Å². The molecule has 5 nitrogen and oxygen atoms in total. The highest BCUT2D eigenvalue weighted by atomic mass is 16.5. The summed E-state index contributed by atoms with van der Waals surface area (Å²) in [4.78, 5) is 13.4. The van der Waals surface area contributed by atoms with Crippen molar-refractivity contribution in [3.05, 3.63) is 23.8 Å². The molecule has 0 amide bonds. The molecule has 2 rings (SSSR count). The second kappa shape index (κ2) is 6.61. The summed E-state index contributed by atoms with van der Waals surface area (Å²) in [7, 11) is 3.17. The molecule has 0 aliphatic carbocycles. The van der Waals surface area contributed by atoms with E-state index in [-0.39, 0.29) is 12.5 Å². The van der Waals surface area contributed by atoms with Gasteiger partial charge in [-0.2, -0.15) is 0 Å². The fourth-order valence-electron chi connectivity index (χ4n) is 2.83. The Morgan fingerprint density at radius 3 is 2.55 bits per heavy atom. The van der Waals surface area contributed by atoms with Crippen LogP contribution in [0.5, 0.6) is 11.5 Å². The molecule has 1 unspecified atom stereocenters. The van der Waals surface area contributed by atoms with Gasteiger partial charge in [0.15, 0.2) is 11.5 Å². The van der Waals surface area contributed by atoms with Gasteiger partial charge in [-0.25, -0.2) is 0 Å². The summed E-state index contributed by atoms with van der Waals surface area (Å²) >= 11 is 0. The second-order valence-corrected chi connectivity index (χ2v) is 4.94. The van der Waals surface area contributed by atoms with Gasteiger partial charge in [0.2, 0.25) is 0 Å². The normalized spacial score (nSPS) is 16.9. The Balaban J connectivity index is 2.39. The highest BCUT2D eigenvalue weighted by Gasteiger charge is 2.29. The van der Waals surface area contributed by atoms with Crippen molar-refractivity contribution in [1.82, 2.24) is 4.90 Å². The maximum atomic E-state index is 11.2. The third-order valence-corrected chi connectivity index (χ3v) is 3.74. The SMILES string of the molecule is COc1cccc(C(CC(=O)O)N2CCCC2)c1OC. The van der Waals surface area contributed by atoms with Crippen LogP contribution < -0.4 is 9.47 Å². The van der Waals surface area contributed by atoms with Crippen LogP contribution in [0.15, 0.2) is 18.2 Å². The fraction of sp³-hybridized carbons (Fsp3) is 0.533. The second-order valence-electron chi connectivity index (χ2n) is 4.94. The molecule has 0 spiro atoms. The van der Waals surface area contributed by atoms with Crippen molar-refractivity contribution in [1.29, 1.82) is 0 Å². The minimum Gasteiger partial charge on any atom is -0.493 e. The zero-order valence-corrected chi connectivity index (χ0v) is 12.0. The summed E-state index contributed by atoms with van der Waals surface area (Å²) < 4.78 is 10.7. The smallest absolute Gasteiger partial charge is 0.305 e. The summed E-state index contributed by atoms with van der Waals surface area (Å²) in [5.74, 6) is 0.472. The number of nitrogens with zero attached hydrogens (tertiary/aromatic N) is 1.